The Balaban J connectivity index is 2.38. The zero-order valence-corrected chi connectivity index (χ0v) is 13.0. The second-order valence-electron chi connectivity index (χ2n) is 4.82. The van der Waals surface area contributed by atoms with E-state index in [1.54, 1.807) is 0 Å². The van der Waals surface area contributed by atoms with Crippen LogP contribution in [-0.4, -0.2) is 28.9 Å². The topological polar surface area (TPSA) is 108 Å². The molecule has 0 aliphatic rings. The van der Waals surface area contributed by atoms with Crippen molar-refractivity contribution < 1.29 is 13.5 Å². The maximum Gasteiger partial charge on any atom is 0.244 e. The minimum absolute atomic E-state index is 0.0274. The molecule has 0 fully saturated rings. The highest BCUT2D eigenvalue weighted by atomic mass is 35.5. The van der Waals surface area contributed by atoms with Crippen molar-refractivity contribution in [3.8, 4) is 5.75 Å². The lowest BCUT2D eigenvalue weighted by Gasteiger charge is -2.20. The smallest absolute Gasteiger partial charge is 0.244 e. The van der Waals surface area contributed by atoms with Gasteiger partial charge in [0.1, 0.15) is 10.6 Å². The molecule has 2 aromatic rings. The van der Waals surface area contributed by atoms with Crippen LogP contribution in [-0.2, 0) is 10.0 Å². The predicted molar refractivity (Wildman–Crippen MR) is 77.4 cm³/mol. The lowest BCUT2D eigenvalue weighted by atomic mass is 10.0. The lowest BCUT2D eigenvalue weighted by Crippen LogP contribution is -2.32. The van der Waals surface area contributed by atoms with Crippen LogP contribution < -0.4 is 4.72 Å². The number of nitrogens with one attached hydrogen (secondary N) is 2. The van der Waals surface area contributed by atoms with E-state index in [1.165, 1.54) is 24.4 Å². The highest BCUT2D eigenvalue weighted by Crippen LogP contribution is 2.31. The van der Waals surface area contributed by atoms with Crippen LogP contribution in [0.5, 0.6) is 5.75 Å². The molecule has 0 saturated heterocycles. The van der Waals surface area contributed by atoms with Gasteiger partial charge in [-0.05, 0) is 18.1 Å². The summed E-state index contributed by atoms with van der Waals surface area (Å²) in [4.78, 5) is -0.274. The van der Waals surface area contributed by atoms with Gasteiger partial charge in [-0.2, -0.15) is 15.4 Å². The molecule has 0 radical (unpaired) electrons. The van der Waals surface area contributed by atoms with Crippen LogP contribution in [0.2, 0.25) is 5.02 Å². The number of halogens is 1. The number of hydrogen-bond acceptors (Lipinski definition) is 5. The van der Waals surface area contributed by atoms with Crippen molar-refractivity contribution in [2.75, 3.05) is 0 Å². The second kappa shape index (κ2) is 6.00. The Labute approximate surface area is 127 Å². The zero-order valence-electron chi connectivity index (χ0n) is 11.4. The van der Waals surface area contributed by atoms with E-state index in [4.69, 9.17) is 11.6 Å². The van der Waals surface area contributed by atoms with Crippen molar-refractivity contribution in [2.24, 2.45) is 5.92 Å². The van der Waals surface area contributed by atoms with E-state index in [2.05, 4.69) is 20.1 Å². The minimum Gasteiger partial charge on any atom is -0.505 e. The van der Waals surface area contributed by atoms with Crippen LogP contribution in [0.4, 0.5) is 0 Å². The van der Waals surface area contributed by atoms with Crippen molar-refractivity contribution >= 4 is 21.6 Å². The molecular weight excluding hydrogens is 316 g/mol. The van der Waals surface area contributed by atoms with Crippen molar-refractivity contribution in [3.05, 3.63) is 35.1 Å². The third-order valence-corrected chi connectivity index (χ3v) is 4.72. The van der Waals surface area contributed by atoms with Crippen LogP contribution >= 0.6 is 11.6 Å². The second-order valence-corrected chi connectivity index (χ2v) is 6.91. The Bertz CT molecular complexity index is 716. The number of aromatic amines is 1. The maximum atomic E-state index is 12.4. The van der Waals surface area contributed by atoms with E-state index < -0.39 is 21.8 Å². The molecule has 0 amide bonds. The Kier molecular flexibility index (Phi) is 4.50. The number of sulfonamides is 1. The molecule has 9 heteroatoms. The molecule has 0 bridgehead atoms. The molecule has 1 heterocycles. The summed E-state index contributed by atoms with van der Waals surface area (Å²) < 4.78 is 27.4. The summed E-state index contributed by atoms with van der Waals surface area (Å²) in [5, 5.41) is 19.8. The number of benzene rings is 1. The SMILES string of the molecule is CC(C)C(NS(=O)(=O)c1cccc(Cl)c1O)c1cn[nH]n1. The number of aromatic nitrogens is 3. The monoisotopic (exact) mass is 330 g/mol. The molecule has 1 aromatic heterocycles. The van der Waals surface area contributed by atoms with Crippen molar-refractivity contribution in [3.63, 3.8) is 0 Å². The molecule has 1 unspecified atom stereocenters. The van der Waals surface area contributed by atoms with Crippen LogP contribution in [0.15, 0.2) is 29.3 Å². The first-order chi connectivity index (χ1) is 9.83. The Morgan fingerprint density at radius 1 is 1.38 bits per heavy atom. The standard InChI is InChI=1S/C12H15ClN4O3S/c1-7(2)11(9-6-14-17-15-9)16-21(19,20)10-5-3-4-8(13)12(10)18/h3-7,11,16,18H,1-2H3,(H,14,15,17). The van der Waals surface area contributed by atoms with Crippen LogP contribution in [0, 0.1) is 5.92 Å². The van der Waals surface area contributed by atoms with E-state index in [1.807, 2.05) is 13.8 Å². The van der Waals surface area contributed by atoms with Gasteiger partial charge in [-0.15, -0.1) is 0 Å². The molecule has 0 aliphatic carbocycles. The van der Waals surface area contributed by atoms with Gasteiger partial charge in [-0.25, -0.2) is 13.1 Å². The number of aromatic hydroxyl groups is 1. The summed E-state index contributed by atoms with van der Waals surface area (Å²) in [6.45, 7) is 3.69. The number of nitrogens with zero attached hydrogens (tertiary/aromatic N) is 2. The van der Waals surface area contributed by atoms with Gasteiger partial charge >= 0.3 is 0 Å². The van der Waals surface area contributed by atoms with Gasteiger partial charge in [0.25, 0.3) is 0 Å². The third kappa shape index (κ3) is 3.34. The summed E-state index contributed by atoms with van der Waals surface area (Å²) in [5.41, 5.74) is 0.468. The number of rotatable bonds is 5. The van der Waals surface area contributed by atoms with Gasteiger partial charge < -0.3 is 5.11 Å². The molecule has 7 nitrogen and oxygen atoms in total. The van der Waals surface area contributed by atoms with E-state index >= 15 is 0 Å². The predicted octanol–water partition coefficient (Wildman–Crippen LogP) is 1.84. The molecule has 1 atom stereocenters. The summed E-state index contributed by atoms with van der Waals surface area (Å²) in [6.07, 6.45) is 1.45. The molecule has 0 aliphatic heterocycles. The maximum absolute atomic E-state index is 12.4. The van der Waals surface area contributed by atoms with Crippen LogP contribution in [0.1, 0.15) is 25.6 Å². The molecular formula is C12H15ClN4O3S. The van der Waals surface area contributed by atoms with Gasteiger partial charge in [0.15, 0.2) is 5.75 Å². The number of phenols is 1. The Morgan fingerprint density at radius 2 is 2.10 bits per heavy atom. The molecule has 1 aromatic carbocycles. The Hall–Kier alpha value is -1.64. The molecule has 2 rings (SSSR count). The Morgan fingerprint density at radius 3 is 2.67 bits per heavy atom. The molecule has 114 valence electrons. The third-order valence-electron chi connectivity index (χ3n) is 2.94. The fourth-order valence-corrected chi connectivity index (χ4v) is 3.55. The molecule has 21 heavy (non-hydrogen) atoms. The summed E-state index contributed by atoms with van der Waals surface area (Å²) in [5.74, 6) is -0.541. The van der Waals surface area contributed by atoms with E-state index in [0.717, 1.165) is 0 Å². The fourth-order valence-electron chi connectivity index (χ4n) is 1.84. The summed E-state index contributed by atoms with van der Waals surface area (Å²) >= 11 is 5.75. The number of hydrogen-bond donors (Lipinski definition) is 3. The quantitative estimate of drug-likeness (QED) is 0.775. The highest BCUT2D eigenvalue weighted by molar-refractivity contribution is 7.89. The van der Waals surface area contributed by atoms with Gasteiger partial charge in [0.05, 0.1) is 17.3 Å². The average Bonchev–Trinajstić information content (AvgIpc) is 2.92. The van der Waals surface area contributed by atoms with E-state index in [-0.39, 0.29) is 15.8 Å². The number of para-hydroxylation sites is 1. The fraction of sp³-hybridized carbons (Fsp3) is 0.333. The van der Waals surface area contributed by atoms with E-state index in [0.29, 0.717) is 5.69 Å². The molecule has 3 N–H and O–H groups in total. The summed E-state index contributed by atoms with van der Waals surface area (Å²) in [7, 11) is -3.95. The van der Waals surface area contributed by atoms with Crippen molar-refractivity contribution in [1.29, 1.82) is 0 Å². The first-order valence-electron chi connectivity index (χ1n) is 6.18. The van der Waals surface area contributed by atoms with Crippen LogP contribution in [0.25, 0.3) is 0 Å². The number of H-pyrrole nitrogens is 1. The van der Waals surface area contributed by atoms with Crippen molar-refractivity contribution in [1.82, 2.24) is 20.1 Å². The highest BCUT2D eigenvalue weighted by Gasteiger charge is 2.28. The zero-order chi connectivity index (χ0) is 15.6. The molecule has 0 saturated carbocycles. The minimum atomic E-state index is -3.95. The van der Waals surface area contributed by atoms with Gasteiger partial charge in [-0.1, -0.05) is 31.5 Å². The largest absolute Gasteiger partial charge is 0.505 e. The van der Waals surface area contributed by atoms with Gasteiger partial charge in [0.2, 0.25) is 10.0 Å². The number of phenolic OH excluding ortho intramolecular Hbond substituents is 1. The van der Waals surface area contributed by atoms with Gasteiger partial charge in [0, 0.05) is 0 Å². The normalized spacial score (nSPS) is 13.5. The first-order valence-corrected chi connectivity index (χ1v) is 8.04. The lowest BCUT2D eigenvalue weighted by molar-refractivity contribution is 0.442. The van der Waals surface area contributed by atoms with E-state index in [9.17, 15) is 13.5 Å². The summed E-state index contributed by atoms with van der Waals surface area (Å²) in [6, 6.07) is 3.57. The van der Waals surface area contributed by atoms with Gasteiger partial charge in [-0.3, -0.25) is 0 Å². The van der Waals surface area contributed by atoms with Crippen molar-refractivity contribution in [2.45, 2.75) is 24.8 Å². The van der Waals surface area contributed by atoms with Crippen LogP contribution in [0.3, 0.4) is 0 Å². The first kappa shape index (κ1) is 15.7. The average molecular weight is 331 g/mol. The molecule has 0 spiro atoms.